The van der Waals surface area contributed by atoms with Crippen molar-refractivity contribution in [3.05, 3.63) is 29.8 Å². The quantitative estimate of drug-likeness (QED) is 0.849. The number of rotatable bonds is 1. The first kappa shape index (κ1) is 13.6. The molecule has 20 heavy (non-hydrogen) atoms. The smallest absolute Gasteiger partial charge is 0.285 e. The first-order valence-corrected chi connectivity index (χ1v) is 8.39. The summed E-state index contributed by atoms with van der Waals surface area (Å²) in [4.78, 5) is 2.24. The Kier molecular flexibility index (Phi) is 3.52. The fraction of sp³-hybridized carbons (Fsp3) is 0.500. The van der Waals surface area contributed by atoms with Crippen molar-refractivity contribution in [1.82, 2.24) is 4.90 Å². The highest BCUT2D eigenvalue weighted by Gasteiger charge is 2.34. The SMILES string of the molecule is O=S1(=O)N=C(N2CCCCCC2CO)c2ccccc21. The number of aliphatic hydroxyl groups is 1. The molecule has 6 heteroatoms. The first-order chi connectivity index (χ1) is 9.63. The Balaban J connectivity index is 2.05. The maximum atomic E-state index is 12.1. The lowest BCUT2D eigenvalue weighted by molar-refractivity contribution is 0.180. The Morgan fingerprint density at radius 2 is 2.05 bits per heavy atom. The maximum absolute atomic E-state index is 12.1. The average molecular weight is 294 g/mol. The second kappa shape index (κ2) is 5.18. The molecule has 1 N–H and O–H groups in total. The number of benzene rings is 1. The molecule has 0 spiro atoms. The number of aliphatic hydroxyl groups excluding tert-OH is 1. The number of likely N-dealkylation sites (tertiary alicyclic amines) is 1. The number of hydrogen-bond donors (Lipinski definition) is 1. The van der Waals surface area contributed by atoms with Gasteiger partial charge in [-0.25, -0.2) is 0 Å². The average Bonchev–Trinajstić information content (AvgIpc) is 2.62. The zero-order valence-electron chi connectivity index (χ0n) is 11.2. The minimum atomic E-state index is -3.58. The number of hydrogen-bond acceptors (Lipinski definition) is 4. The van der Waals surface area contributed by atoms with E-state index in [9.17, 15) is 13.5 Å². The van der Waals surface area contributed by atoms with E-state index in [1.54, 1.807) is 18.2 Å². The van der Waals surface area contributed by atoms with Crippen LogP contribution in [0.4, 0.5) is 0 Å². The van der Waals surface area contributed by atoms with Crippen molar-refractivity contribution in [1.29, 1.82) is 0 Å². The van der Waals surface area contributed by atoms with Crippen molar-refractivity contribution < 1.29 is 13.5 Å². The highest BCUT2D eigenvalue weighted by Crippen LogP contribution is 2.30. The summed E-state index contributed by atoms with van der Waals surface area (Å²) in [6.07, 6.45) is 4.04. The molecule has 1 aromatic rings. The van der Waals surface area contributed by atoms with Crippen molar-refractivity contribution in [2.45, 2.75) is 36.6 Å². The Hall–Kier alpha value is -1.40. The van der Waals surface area contributed by atoms with Crippen LogP contribution in [0.1, 0.15) is 31.2 Å². The molecular formula is C14H18N2O3S. The number of amidine groups is 1. The lowest BCUT2D eigenvalue weighted by Gasteiger charge is -2.30. The molecule has 0 bridgehead atoms. The Morgan fingerprint density at radius 3 is 2.85 bits per heavy atom. The van der Waals surface area contributed by atoms with Crippen molar-refractivity contribution >= 4 is 15.9 Å². The minimum Gasteiger partial charge on any atom is -0.394 e. The van der Waals surface area contributed by atoms with Crippen LogP contribution in [0.3, 0.4) is 0 Å². The molecule has 1 aromatic carbocycles. The highest BCUT2D eigenvalue weighted by atomic mass is 32.2. The maximum Gasteiger partial charge on any atom is 0.285 e. The van der Waals surface area contributed by atoms with E-state index >= 15 is 0 Å². The molecule has 0 aliphatic carbocycles. The number of fused-ring (bicyclic) bond motifs is 1. The Bertz CT molecular complexity index is 640. The third-order valence-corrected chi connectivity index (χ3v) is 5.30. The number of nitrogens with zero attached hydrogens (tertiary/aromatic N) is 2. The van der Waals surface area contributed by atoms with E-state index < -0.39 is 10.0 Å². The van der Waals surface area contributed by atoms with Gasteiger partial charge in [-0.05, 0) is 25.0 Å². The monoisotopic (exact) mass is 294 g/mol. The summed E-state index contributed by atoms with van der Waals surface area (Å²) in [6.45, 7) is 0.773. The van der Waals surface area contributed by atoms with Gasteiger partial charge in [0.1, 0.15) is 4.90 Å². The molecule has 1 fully saturated rings. The molecule has 0 aromatic heterocycles. The molecule has 0 amide bonds. The Morgan fingerprint density at radius 1 is 1.25 bits per heavy atom. The fourth-order valence-corrected chi connectivity index (χ4v) is 4.16. The van der Waals surface area contributed by atoms with E-state index in [0.29, 0.717) is 11.4 Å². The van der Waals surface area contributed by atoms with Gasteiger partial charge in [0.25, 0.3) is 10.0 Å². The predicted octanol–water partition coefficient (Wildman–Crippen LogP) is 1.37. The topological polar surface area (TPSA) is 70.0 Å². The molecule has 1 unspecified atom stereocenters. The van der Waals surface area contributed by atoms with Crippen LogP contribution in [0, 0.1) is 0 Å². The molecule has 2 heterocycles. The van der Waals surface area contributed by atoms with Crippen LogP contribution in [0.25, 0.3) is 0 Å². The zero-order valence-corrected chi connectivity index (χ0v) is 12.0. The first-order valence-electron chi connectivity index (χ1n) is 6.95. The van der Waals surface area contributed by atoms with Gasteiger partial charge < -0.3 is 10.0 Å². The molecule has 1 saturated heterocycles. The van der Waals surface area contributed by atoms with E-state index in [1.165, 1.54) is 0 Å². The third kappa shape index (κ3) is 2.23. The fourth-order valence-electron chi connectivity index (χ4n) is 2.94. The Labute approximate surface area is 119 Å². The molecule has 0 radical (unpaired) electrons. The molecule has 1 atom stereocenters. The van der Waals surface area contributed by atoms with Gasteiger partial charge in [-0.3, -0.25) is 0 Å². The van der Waals surface area contributed by atoms with E-state index in [1.807, 2.05) is 11.0 Å². The van der Waals surface area contributed by atoms with Crippen LogP contribution < -0.4 is 0 Å². The summed E-state index contributed by atoms with van der Waals surface area (Å²) in [5.74, 6) is 0.501. The lowest BCUT2D eigenvalue weighted by Crippen LogP contribution is -2.42. The van der Waals surface area contributed by atoms with Crippen molar-refractivity contribution in [2.24, 2.45) is 4.40 Å². The molecule has 2 aliphatic heterocycles. The molecule has 5 nitrogen and oxygen atoms in total. The third-order valence-electron chi connectivity index (χ3n) is 3.97. The van der Waals surface area contributed by atoms with Gasteiger partial charge >= 0.3 is 0 Å². The largest absolute Gasteiger partial charge is 0.394 e. The van der Waals surface area contributed by atoms with Crippen molar-refractivity contribution in [3.63, 3.8) is 0 Å². The lowest BCUT2D eigenvalue weighted by atomic mass is 10.1. The molecule has 0 saturated carbocycles. The van der Waals surface area contributed by atoms with E-state index in [2.05, 4.69) is 4.40 Å². The highest BCUT2D eigenvalue weighted by molar-refractivity contribution is 7.90. The molecule has 108 valence electrons. The van der Waals surface area contributed by atoms with Gasteiger partial charge in [0.15, 0.2) is 5.84 Å². The molecule has 2 aliphatic rings. The van der Waals surface area contributed by atoms with Crippen molar-refractivity contribution in [2.75, 3.05) is 13.2 Å². The van der Waals surface area contributed by atoms with Gasteiger partial charge in [0, 0.05) is 12.1 Å². The summed E-state index contributed by atoms with van der Waals surface area (Å²) in [5, 5.41) is 9.58. The van der Waals surface area contributed by atoms with Gasteiger partial charge in [0.2, 0.25) is 0 Å². The second-order valence-electron chi connectivity index (χ2n) is 5.27. The van der Waals surface area contributed by atoms with Crippen LogP contribution >= 0.6 is 0 Å². The van der Waals surface area contributed by atoms with E-state index in [-0.39, 0.29) is 17.5 Å². The molecule has 3 rings (SSSR count). The minimum absolute atomic E-state index is 0.0290. The van der Waals surface area contributed by atoms with Crippen LogP contribution in [0.5, 0.6) is 0 Å². The van der Waals surface area contributed by atoms with Gasteiger partial charge in [-0.15, -0.1) is 4.40 Å². The van der Waals surface area contributed by atoms with Crippen LogP contribution in [-0.2, 0) is 10.0 Å². The van der Waals surface area contributed by atoms with Gasteiger partial charge in [0.05, 0.1) is 12.6 Å². The predicted molar refractivity (Wildman–Crippen MR) is 76.2 cm³/mol. The zero-order chi connectivity index (χ0) is 14.2. The second-order valence-corrected chi connectivity index (χ2v) is 6.84. The van der Waals surface area contributed by atoms with Crippen molar-refractivity contribution in [3.8, 4) is 0 Å². The summed E-state index contributed by atoms with van der Waals surface area (Å²) in [6, 6.07) is 6.87. The van der Waals surface area contributed by atoms with Crippen LogP contribution in [0.15, 0.2) is 33.6 Å². The summed E-state index contributed by atoms with van der Waals surface area (Å²) >= 11 is 0. The van der Waals surface area contributed by atoms with Crippen LogP contribution in [-0.4, -0.2) is 43.5 Å². The van der Waals surface area contributed by atoms with Gasteiger partial charge in [-0.1, -0.05) is 25.0 Å². The standard InChI is InChI=1S/C14H18N2O3S/c17-10-11-6-2-1-5-9-16(11)14-12-7-3-4-8-13(12)20(18,19)15-14/h3-4,7-8,11,17H,1-2,5-6,9-10H2. The number of sulfonamides is 1. The van der Waals surface area contributed by atoms with Crippen LogP contribution in [0.2, 0.25) is 0 Å². The van der Waals surface area contributed by atoms with E-state index in [4.69, 9.17) is 0 Å². The normalized spacial score (nSPS) is 24.9. The van der Waals surface area contributed by atoms with Gasteiger partial charge in [-0.2, -0.15) is 8.42 Å². The summed E-state index contributed by atoms with van der Waals surface area (Å²) in [5.41, 5.74) is 0.660. The van der Waals surface area contributed by atoms with E-state index in [0.717, 1.165) is 32.2 Å². The summed E-state index contributed by atoms with van der Waals surface area (Å²) in [7, 11) is -3.58. The summed E-state index contributed by atoms with van der Waals surface area (Å²) < 4.78 is 28.2. The molecular weight excluding hydrogens is 276 g/mol.